The molecule has 29 heavy (non-hydrogen) atoms. The molecule has 0 atom stereocenters. The Morgan fingerprint density at radius 1 is 1.03 bits per heavy atom. The van der Waals surface area contributed by atoms with Gasteiger partial charge in [0.15, 0.2) is 0 Å². The first kappa shape index (κ1) is 19.0. The zero-order chi connectivity index (χ0) is 20.2. The average molecular weight is 392 g/mol. The van der Waals surface area contributed by atoms with Gasteiger partial charge in [-0.2, -0.15) is 0 Å². The predicted molar refractivity (Wildman–Crippen MR) is 114 cm³/mol. The molecule has 1 aliphatic rings. The molecule has 8 heteroatoms. The van der Waals surface area contributed by atoms with Gasteiger partial charge < -0.3 is 10.6 Å². The van der Waals surface area contributed by atoms with Crippen molar-refractivity contribution in [1.29, 1.82) is 0 Å². The molecule has 2 aromatic heterocycles. The summed E-state index contributed by atoms with van der Waals surface area (Å²) in [4.78, 5) is 24.3. The van der Waals surface area contributed by atoms with Crippen molar-refractivity contribution in [3.63, 3.8) is 0 Å². The average Bonchev–Trinajstić information content (AvgIpc) is 2.96. The number of hydrogen-bond donors (Lipinski definition) is 2. The number of hydrogen-bond acceptors (Lipinski definition) is 7. The fraction of sp³-hybridized carbons (Fsp3) is 0.381. The highest BCUT2D eigenvalue weighted by Gasteiger charge is 2.25. The van der Waals surface area contributed by atoms with Gasteiger partial charge in [0.05, 0.1) is 10.4 Å². The monoisotopic (exact) mass is 392 g/mol. The van der Waals surface area contributed by atoms with Crippen LogP contribution in [0.3, 0.4) is 0 Å². The fourth-order valence-corrected chi connectivity index (χ4v) is 3.86. The highest BCUT2D eigenvalue weighted by Crippen LogP contribution is 2.34. The molecule has 150 valence electrons. The van der Waals surface area contributed by atoms with Crippen LogP contribution >= 0.6 is 0 Å². The number of pyridine rings is 1. The van der Waals surface area contributed by atoms with Gasteiger partial charge in [-0.1, -0.05) is 31.7 Å². The molecule has 0 spiro atoms. The number of nitro groups is 1. The van der Waals surface area contributed by atoms with E-state index in [9.17, 15) is 10.1 Å². The Labute approximate surface area is 168 Å². The third-order valence-corrected chi connectivity index (χ3v) is 5.33. The van der Waals surface area contributed by atoms with Crippen molar-refractivity contribution in [3.8, 4) is 0 Å². The van der Waals surface area contributed by atoms with E-state index in [4.69, 9.17) is 0 Å². The Morgan fingerprint density at radius 2 is 1.79 bits per heavy atom. The summed E-state index contributed by atoms with van der Waals surface area (Å²) in [6, 6.07) is 9.72. The van der Waals surface area contributed by atoms with Crippen LogP contribution in [0.2, 0.25) is 0 Å². The summed E-state index contributed by atoms with van der Waals surface area (Å²) >= 11 is 0. The molecule has 0 bridgehead atoms. The van der Waals surface area contributed by atoms with E-state index in [0.29, 0.717) is 0 Å². The van der Waals surface area contributed by atoms with E-state index in [1.165, 1.54) is 19.2 Å². The Balaban J connectivity index is 1.68. The van der Waals surface area contributed by atoms with Crippen molar-refractivity contribution in [2.45, 2.75) is 51.5 Å². The van der Waals surface area contributed by atoms with Crippen LogP contribution in [0.15, 0.2) is 36.7 Å². The van der Waals surface area contributed by atoms with Crippen molar-refractivity contribution in [3.05, 3.63) is 52.5 Å². The SMILES string of the molecule is Cc1ccc2c(Nc3ncnc(NC4CCCCCC4)c3[N+](=O)[O-])cccc2n1. The number of fused-ring (bicyclic) bond motifs is 1. The molecule has 0 aliphatic heterocycles. The van der Waals surface area contributed by atoms with Crippen molar-refractivity contribution in [2.75, 3.05) is 10.6 Å². The van der Waals surface area contributed by atoms with Crippen molar-refractivity contribution in [2.24, 2.45) is 0 Å². The second-order valence-corrected chi connectivity index (χ2v) is 7.46. The minimum atomic E-state index is -0.422. The summed E-state index contributed by atoms with van der Waals surface area (Å²) in [6.07, 6.45) is 8.05. The van der Waals surface area contributed by atoms with Crippen molar-refractivity contribution < 1.29 is 4.92 Å². The molecule has 4 rings (SSSR count). The Hall–Kier alpha value is -3.29. The summed E-state index contributed by atoms with van der Waals surface area (Å²) in [6.45, 7) is 1.93. The molecule has 2 N–H and O–H groups in total. The van der Waals surface area contributed by atoms with Crippen LogP contribution in [0.25, 0.3) is 10.9 Å². The Morgan fingerprint density at radius 3 is 2.55 bits per heavy atom. The molecule has 3 aromatic rings. The molecule has 1 aromatic carbocycles. The Bertz CT molecular complexity index is 1030. The molecule has 1 saturated carbocycles. The quantitative estimate of drug-likeness (QED) is 0.352. The lowest BCUT2D eigenvalue weighted by Crippen LogP contribution is -2.20. The van der Waals surface area contributed by atoms with Crippen LogP contribution in [0.1, 0.15) is 44.2 Å². The molecular weight excluding hydrogens is 368 g/mol. The molecule has 1 aliphatic carbocycles. The standard InChI is InChI=1S/C21H24N6O2/c1-14-11-12-16-17(24-14)9-6-10-18(16)26-21-19(27(28)29)20(22-13-23-21)25-15-7-4-2-3-5-8-15/h6,9-13,15H,2-5,7-8H2,1H3,(H2,22,23,25,26). The van der Waals surface area contributed by atoms with Gasteiger partial charge in [-0.15, -0.1) is 0 Å². The molecular formula is C21H24N6O2. The van der Waals surface area contributed by atoms with Crippen molar-refractivity contribution >= 4 is 33.9 Å². The van der Waals surface area contributed by atoms with Gasteiger partial charge >= 0.3 is 5.69 Å². The van der Waals surface area contributed by atoms with E-state index < -0.39 is 4.92 Å². The highest BCUT2D eigenvalue weighted by molar-refractivity contribution is 5.94. The van der Waals surface area contributed by atoms with Gasteiger partial charge in [-0.05, 0) is 44.0 Å². The summed E-state index contributed by atoms with van der Waals surface area (Å²) < 4.78 is 0. The molecule has 0 radical (unpaired) electrons. The zero-order valence-electron chi connectivity index (χ0n) is 16.4. The molecule has 8 nitrogen and oxygen atoms in total. The molecule has 2 heterocycles. The number of aryl methyl sites for hydroxylation is 1. The smallest absolute Gasteiger partial charge is 0.353 e. The maximum absolute atomic E-state index is 11.9. The van der Waals surface area contributed by atoms with E-state index in [1.54, 1.807) is 0 Å². The normalized spacial score (nSPS) is 15.1. The third kappa shape index (κ3) is 4.26. The van der Waals surface area contributed by atoms with Gasteiger partial charge in [-0.3, -0.25) is 15.1 Å². The van der Waals surface area contributed by atoms with E-state index in [-0.39, 0.29) is 23.4 Å². The molecule has 0 amide bonds. The van der Waals surface area contributed by atoms with E-state index in [1.807, 2.05) is 37.3 Å². The lowest BCUT2D eigenvalue weighted by Gasteiger charge is -2.17. The maximum atomic E-state index is 11.9. The summed E-state index contributed by atoms with van der Waals surface area (Å²) in [5.41, 5.74) is 2.33. The van der Waals surface area contributed by atoms with Gasteiger partial charge in [0.25, 0.3) is 0 Å². The first-order valence-corrected chi connectivity index (χ1v) is 10.0. The second-order valence-electron chi connectivity index (χ2n) is 7.46. The Kier molecular flexibility index (Phi) is 5.50. The first-order chi connectivity index (χ1) is 14.1. The van der Waals surface area contributed by atoms with Gasteiger partial charge in [0, 0.05) is 22.8 Å². The third-order valence-electron chi connectivity index (χ3n) is 5.33. The van der Waals surface area contributed by atoms with Gasteiger partial charge in [-0.25, -0.2) is 9.97 Å². The summed E-state index contributed by atoms with van der Waals surface area (Å²) in [5.74, 6) is 0.447. The number of benzene rings is 1. The fourth-order valence-electron chi connectivity index (χ4n) is 3.86. The minimum absolute atomic E-state index is 0.131. The lowest BCUT2D eigenvalue weighted by atomic mass is 10.1. The zero-order valence-corrected chi connectivity index (χ0v) is 16.4. The predicted octanol–water partition coefficient (Wildman–Crippen LogP) is 5.12. The van der Waals surface area contributed by atoms with Crippen LogP contribution in [0.5, 0.6) is 0 Å². The number of nitrogens with one attached hydrogen (secondary N) is 2. The van der Waals surface area contributed by atoms with Crippen molar-refractivity contribution in [1.82, 2.24) is 15.0 Å². The van der Waals surface area contributed by atoms with Gasteiger partial charge in [0.2, 0.25) is 11.6 Å². The number of nitrogens with zero attached hydrogens (tertiary/aromatic N) is 4. The largest absolute Gasteiger partial charge is 0.361 e. The van der Waals surface area contributed by atoms with Crippen LogP contribution in [0, 0.1) is 17.0 Å². The first-order valence-electron chi connectivity index (χ1n) is 10.0. The topological polar surface area (TPSA) is 106 Å². The maximum Gasteiger partial charge on any atom is 0.353 e. The van der Waals surface area contributed by atoms with E-state index >= 15 is 0 Å². The van der Waals surface area contributed by atoms with E-state index in [0.717, 1.165) is 48.0 Å². The van der Waals surface area contributed by atoms with Crippen LogP contribution in [-0.2, 0) is 0 Å². The van der Waals surface area contributed by atoms with Gasteiger partial charge in [0.1, 0.15) is 6.33 Å². The van der Waals surface area contributed by atoms with Crippen LogP contribution in [0.4, 0.5) is 23.0 Å². The summed E-state index contributed by atoms with van der Waals surface area (Å²) in [5, 5.41) is 19.2. The number of rotatable bonds is 5. The second kappa shape index (κ2) is 8.38. The van der Waals surface area contributed by atoms with Crippen LogP contribution in [-0.4, -0.2) is 25.9 Å². The minimum Gasteiger partial charge on any atom is -0.361 e. The molecule has 1 fully saturated rings. The molecule has 0 unspecified atom stereocenters. The number of anilines is 3. The lowest BCUT2D eigenvalue weighted by molar-refractivity contribution is -0.383. The van der Waals surface area contributed by atoms with E-state index in [2.05, 4.69) is 25.6 Å². The molecule has 0 saturated heterocycles. The summed E-state index contributed by atoms with van der Waals surface area (Å²) in [7, 11) is 0. The highest BCUT2D eigenvalue weighted by atomic mass is 16.6. The van der Waals surface area contributed by atoms with Crippen LogP contribution < -0.4 is 10.6 Å². The number of aromatic nitrogens is 3.